The van der Waals surface area contributed by atoms with Crippen LogP contribution < -0.4 is 0 Å². The van der Waals surface area contributed by atoms with Crippen molar-refractivity contribution < 1.29 is 19.4 Å². The average Bonchev–Trinajstić information content (AvgIpc) is 2.25. The Morgan fingerprint density at radius 2 is 1.90 bits per heavy atom. The Morgan fingerprint density at radius 3 is 2.38 bits per heavy atom. The Labute approximate surface area is 128 Å². The minimum Gasteiger partial charge on any atom is -0.459 e. The molecule has 0 saturated heterocycles. The Morgan fingerprint density at radius 1 is 1.33 bits per heavy atom. The maximum absolute atomic E-state index is 11.7. The van der Waals surface area contributed by atoms with Crippen LogP contribution in [-0.4, -0.2) is 34.0 Å². The number of ether oxygens (including phenoxy) is 2. The zero-order valence-electron chi connectivity index (χ0n) is 14.3. The summed E-state index contributed by atoms with van der Waals surface area (Å²) in [7, 11) is 0. The van der Waals surface area contributed by atoms with Crippen LogP contribution in [-0.2, 0) is 14.3 Å². The molecular formula is C17H30O4. The Hall–Kier alpha value is -0.870. The first kappa shape index (κ1) is 18.2. The van der Waals surface area contributed by atoms with E-state index in [1.54, 1.807) is 20.8 Å². The van der Waals surface area contributed by atoms with Crippen LogP contribution in [0.5, 0.6) is 0 Å². The van der Waals surface area contributed by atoms with Gasteiger partial charge in [-0.1, -0.05) is 6.58 Å². The summed E-state index contributed by atoms with van der Waals surface area (Å²) < 4.78 is 11.7. The molecule has 21 heavy (non-hydrogen) atoms. The van der Waals surface area contributed by atoms with Gasteiger partial charge in [0.05, 0.1) is 16.8 Å². The molecule has 4 nitrogen and oxygen atoms in total. The van der Waals surface area contributed by atoms with E-state index in [4.69, 9.17) is 9.47 Å². The van der Waals surface area contributed by atoms with Gasteiger partial charge in [-0.3, -0.25) is 0 Å². The minimum atomic E-state index is -0.947. The second-order valence-corrected chi connectivity index (χ2v) is 7.53. The first-order valence-electron chi connectivity index (χ1n) is 7.65. The maximum Gasteiger partial charge on any atom is 0.333 e. The third kappa shape index (κ3) is 4.82. The molecule has 122 valence electrons. The van der Waals surface area contributed by atoms with Gasteiger partial charge in [0, 0.05) is 12.0 Å². The molecule has 0 bridgehead atoms. The fourth-order valence-electron chi connectivity index (χ4n) is 2.58. The van der Waals surface area contributed by atoms with E-state index in [1.165, 1.54) is 0 Å². The van der Waals surface area contributed by atoms with Gasteiger partial charge in [-0.15, -0.1) is 0 Å². The number of rotatable bonds is 5. The highest BCUT2D eigenvalue weighted by Gasteiger charge is 2.44. The van der Waals surface area contributed by atoms with Crippen LogP contribution in [0.25, 0.3) is 0 Å². The van der Waals surface area contributed by atoms with Crippen molar-refractivity contribution in [1.82, 2.24) is 0 Å². The summed E-state index contributed by atoms with van der Waals surface area (Å²) in [6, 6.07) is 0. The molecule has 1 rings (SSSR count). The van der Waals surface area contributed by atoms with Crippen LogP contribution >= 0.6 is 0 Å². The molecule has 2 atom stereocenters. The summed E-state index contributed by atoms with van der Waals surface area (Å²) in [6.07, 6.45) is 3.18. The number of hydrogen-bond donors (Lipinski definition) is 1. The molecule has 1 fully saturated rings. The SMILES string of the molecule is C=C(C)C(=O)OC1CCCC(C)(OC(C)(C)C(C)(C)O)C1. The van der Waals surface area contributed by atoms with E-state index in [-0.39, 0.29) is 12.1 Å². The number of carbonyl (C=O) groups is 1. The van der Waals surface area contributed by atoms with Crippen LogP contribution in [0.1, 0.15) is 67.2 Å². The Balaban J connectivity index is 2.74. The summed E-state index contributed by atoms with van der Waals surface area (Å²) in [5, 5.41) is 10.3. The van der Waals surface area contributed by atoms with Crippen molar-refractivity contribution in [1.29, 1.82) is 0 Å². The monoisotopic (exact) mass is 298 g/mol. The molecule has 1 saturated carbocycles. The molecule has 0 heterocycles. The van der Waals surface area contributed by atoms with Gasteiger partial charge in [0.15, 0.2) is 0 Å². The van der Waals surface area contributed by atoms with E-state index in [0.29, 0.717) is 12.0 Å². The molecule has 1 aliphatic carbocycles. The van der Waals surface area contributed by atoms with Gasteiger partial charge in [0.2, 0.25) is 0 Å². The zero-order valence-corrected chi connectivity index (χ0v) is 14.3. The number of aliphatic hydroxyl groups is 1. The van der Waals surface area contributed by atoms with Crippen molar-refractivity contribution in [2.75, 3.05) is 0 Å². The van der Waals surface area contributed by atoms with Gasteiger partial charge in [0.25, 0.3) is 0 Å². The van der Waals surface area contributed by atoms with Crippen molar-refractivity contribution in [2.24, 2.45) is 0 Å². The first-order valence-corrected chi connectivity index (χ1v) is 7.65. The normalized spacial score (nSPS) is 27.3. The van der Waals surface area contributed by atoms with Gasteiger partial charge in [-0.05, 0) is 60.8 Å². The van der Waals surface area contributed by atoms with Gasteiger partial charge in [-0.25, -0.2) is 4.79 Å². The molecule has 0 radical (unpaired) electrons. The molecule has 0 spiro atoms. The molecule has 0 aromatic heterocycles. The lowest BCUT2D eigenvalue weighted by molar-refractivity contribution is -0.225. The molecule has 1 aliphatic rings. The van der Waals surface area contributed by atoms with Crippen molar-refractivity contribution >= 4 is 5.97 Å². The van der Waals surface area contributed by atoms with Crippen LogP contribution in [0.15, 0.2) is 12.2 Å². The molecule has 0 aromatic carbocycles. The summed E-state index contributed by atoms with van der Waals surface area (Å²) in [6.45, 7) is 14.6. The largest absolute Gasteiger partial charge is 0.459 e. The Bertz CT molecular complexity index is 406. The van der Waals surface area contributed by atoms with E-state index in [2.05, 4.69) is 6.58 Å². The van der Waals surface area contributed by atoms with Gasteiger partial charge < -0.3 is 14.6 Å². The van der Waals surface area contributed by atoms with Crippen LogP contribution in [0.4, 0.5) is 0 Å². The van der Waals surface area contributed by atoms with E-state index < -0.39 is 16.8 Å². The van der Waals surface area contributed by atoms with E-state index >= 15 is 0 Å². The second-order valence-electron chi connectivity index (χ2n) is 7.53. The van der Waals surface area contributed by atoms with Crippen molar-refractivity contribution in [2.45, 2.75) is 90.1 Å². The standard InChI is InChI=1S/C17H30O4/c1-12(2)14(18)20-13-9-8-10-17(7,11-13)21-16(5,6)15(3,4)19/h13,19H,1,8-11H2,2-7H3. The van der Waals surface area contributed by atoms with E-state index in [9.17, 15) is 9.90 Å². The topological polar surface area (TPSA) is 55.8 Å². The minimum absolute atomic E-state index is 0.148. The highest BCUT2D eigenvalue weighted by atomic mass is 16.6. The molecule has 4 heteroatoms. The maximum atomic E-state index is 11.7. The van der Waals surface area contributed by atoms with E-state index in [1.807, 2.05) is 20.8 Å². The van der Waals surface area contributed by atoms with Crippen LogP contribution in [0.3, 0.4) is 0 Å². The predicted octanol–water partition coefficient (Wildman–Crippen LogP) is 3.37. The van der Waals surface area contributed by atoms with Crippen LogP contribution in [0.2, 0.25) is 0 Å². The molecule has 2 unspecified atom stereocenters. The summed E-state index contributed by atoms with van der Waals surface area (Å²) in [5.74, 6) is -0.342. The molecular weight excluding hydrogens is 268 g/mol. The van der Waals surface area contributed by atoms with Crippen molar-refractivity contribution in [3.63, 3.8) is 0 Å². The quantitative estimate of drug-likeness (QED) is 0.624. The molecule has 0 aromatic rings. The van der Waals surface area contributed by atoms with Crippen molar-refractivity contribution in [3.05, 3.63) is 12.2 Å². The third-order valence-corrected chi connectivity index (χ3v) is 4.49. The number of hydrogen-bond acceptors (Lipinski definition) is 4. The lowest BCUT2D eigenvalue weighted by Crippen LogP contribution is -2.54. The van der Waals surface area contributed by atoms with E-state index in [0.717, 1.165) is 19.3 Å². The summed E-state index contributed by atoms with van der Waals surface area (Å²) >= 11 is 0. The lowest BCUT2D eigenvalue weighted by Gasteiger charge is -2.47. The van der Waals surface area contributed by atoms with Crippen molar-refractivity contribution in [3.8, 4) is 0 Å². The zero-order chi connectivity index (χ0) is 16.5. The average molecular weight is 298 g/mol. The van der Waals surface area contributed by atoms with Crippen LogP contribution in [0, 0.1) is 0 Å². The summed E-state index contributed by atoms with van der Waals surface area (Å²) in [4.78, 5) is 11.7. The molecule has 0 amide bonds. The van der Waals surface area contributed by atoms with Gasteiger partial charge in [0.1, 0.15) is 6.10 Å². The third-order valence-electron chi connectivity index (χ3n) is 4.49. The first-order chi connectivity index (χ1) is 9.36. The Kier molecular flexibility index (Phi) is 5.27. The smallest absolute Gasteiger partial charge is 0.333 e. The predicted molar refractivity (Wildman–Crippen MR) is 83.0 cm³/mol. The molecule has 1 N–H and O–H groups in total. The second kappa shape index (κ2) is 6.09. The number of carbonyl (C=O) groups excluding carboxylic acids is 1. The van der Waals surface area contributed by atoms with Gasteiger partial charge >= 0.3 is 5.97 Å². The fraction of sp³-hybridized carbons (Fsp3) is 0.824. The van der Waals surface area contributed by atoms with Gasteiger partial charge in [-0.2, -0.15) is 0 Å². The summed E-state index contributed by atoms with van der Waals surface area (Å²) in [5.41, 5.74) is -1.61. The lowest BCUT2D eigenvalue weighted by atomic mass is 9.81. The highest BCUT2D eigenvalue weighted by Crippen LogP contribution is 2.39. The molecule has 0 aliphatic heterocycles. The fourth-order valence-corrected chi connectivity index (χ4v) is 2.58. The number of esters is 1. The highest BCUT2D eigenvalue weighted by molar-refractivity contribution is 5.87.